The SMILES string of the molecule is CNc1nc(C)cc(-n2cnc(C(=O)OC)n2)n1. The van der Waals surface area contributed by atoms with Crippen LogP contribution in [0, 0.1) is 6.92 Å². The number of aryl methyl sites for hydroxylation is 1. The molecule has 8 nitrogen and oxygen atoms in total. The molecule has 0 saturated heterocycles. The van der Waals surface area contributed by atoms with E-state index < -0.39 is 5.97 Å². The molecular formula is C10H12N6O2. The van der Waals surface area contributed by atoms with E-state index in [1.807, 2.05) is 6.92 Å². The predicted octanol–water partition coefficient (Wildman–Crippen LogP) is 0.194. The molecule has 2 aromatic rings. The maximum absolute atomic E-state index is 11.2. The van der Waals surface area contributed by atoms with Crippen LogP contribution in [-0.2, 0) is 4.74 Å². The Balaban J connectivity index is 2.39. The van der Waals surface area contributed by atoms with Crippen molar-refractivity contribution in [2.75, 3.05) is 19.5 Å². The highest BCUT2D eigenvalue weighted by Crippen LogP contribution is 2.08. The second-order valence-electron chi connectivity index (χ2n) is 3.45. The van der Waals surface area contributed by atoms with E-state index in [1.54, 1.807) is 13.1 Å². The van der Waals surface area contributed by atoms with Crippen molar-refractivity contribution in [3.63, 3.8) is 0 Å². The van der Waals surface area contributed by atoms with Crippen LogP contribution in [0.25, 0.3) is 5.82 Å². The van der Waals surface area contributed by atoms with Gasteiger partial charge in [-0.05, 0) is 6.92 Å². The van der Waals surface area contributed by atoms with Crippen molar-refractivity contribution in [2.45, 2.75) is 6.92 Å². The number of ether oxygens (including phenoxy) is 1. The minimum Gasteiger partial charge on any atom is -0.463 e. The van der Waals surface area contributed by atoms with Gasteiger partial charge in [0.05, 0.1) is 7.11 Å². The molecule has 0 unspecified atom stereocenters. The molecule has 94 valence electrons. The summed E-state index contributed by atoms with van der Waals surface area (Å²) in [6.45, 7) is 1.84. The fraction of sp³-hybridized carbons (Fsp3) is 0.300. The van der Waals surface area contributed by atoms with Gasteiger partial charge in [-0.3, -0.25) is 0 Å². The van der Waals surface area contributed by atoms with Gasteiger partial charge in [0.15, 0.2) is 5.82 Å². The Labute approximate surface area is 103 Å². The van der Waals surface area contributed by atoms with Crippen LogP contribution in [0.1, 0.15) is 16.3 Å². The first-order valence-corrected chi connectivity index (χ1v) is 5.18. The van der Waals surface area contributed by atoms with E-state index in [1.165, 1.54) is 18.1 Å². The summed E-state index contributed by atoms with van der Waals surface area (Å²) in [5.41, 5.74) is 0.777. The zero-order valence-electron chi connectivity index (χ0n) is 10.2. The summed E-state index contributed by atoms with van der Waals surface area (Å²) in [5, 5.41) is 6.82. The van der Waals surface area contributed by atoms with Crippen LogP contribution in [0.5, 0.6) is 0 Å². The second-order valence-corrected chi connectivity index (χ2v) is 3.45. The summed E-state index contributed by atoms with van der Waals surface area (Å²) >= 11 is 0. The molecule has 8 heteroatoms. The van der Waals surface area contributed by atoms with Gasteiger partial charge in [0, 0.05) is 18.8 Å². The molecule has 18 heavy (non-hydrogen) atoms. The molecule has 2 heterocycles. The number of anilines is 1. The van der Waals surface area contributed by atoms with Crippen LogP contribution >= 0.6 is 0 Å². The van der Waals surface area contributed by atoms with E-state index >= 15 is 0 Å². The Morgan fingerprint density at radius 3 is 2.89 bits per heavy atom. The Morgan fingerprint density at radius 1 is 1.44 bits per heavy atom. The average Bonchev–Trinajstić information content (AvgIpc) is 2.86. The first kappa shape index (κ1) is 12.0. The van der Waals surface area contributed by atoms with Crippen LogP contribution in [0.15, 0.2) is 12.4 Å². The maximum atomic E-state index is 11.2. The molecule has 0 fully saturated rings. The third-order valence-corrected chi connectivity index (χ3v) is 2.16. The van der Waals surface area contributed by atoms with Gasteiger partial charge in [0.1, 0.15) is 6.33 Å². The third kappa shape index (κ3) is 2.26. The van der Waals surface area contributed by atoms with Gasteiger partial charge in [-0.2, -0.15) is 4.98 Å². The second kappa shape index (κ2) is 4.78. The number of methoxy groups -OCH3 is 1. The molecule has 0 aliphatic carbocycles. The number of carbonyl (C=O) groups excluding carboxylic acids is 1. The van der Waals surface area contributed by atoms with Gasteiger partial charge in [0.2, 0.25) is 5.95 Å². The molecule has 0 saturated carbocycles. The molecule has 0 bridgehead atoms. The lowest BCUT2D eigenvalue weighted by Gasteiger charge is -2.04. The van der Waals surface area contributed by atoms with Gasteiger partial charge in [-0.25, -0.2) is 19.4 Å². The summed E-state index contributed by atoms with van der Waals surface area (Å²) in [4.78, 5) is 23.5. The number of hydrogen-bond acceptors (Lipinski definition) is 7. The van der Waals surface area contributed by atoms with Crippen LogP contribution in [0.3, 0.4) is 0 Å². The lowest BCUT2D eigenvalue weighted by molar-refractivity contribution is 0.0587. The smallest absolute Gasteiger partial charge is 0.377 e. The summed E-state index contributed by atoms with van der Waals surface area (Å²) in [6.07, 6.45) is 1.40. The highest BCUT2D eigenvalue weighted by molar-refractivity contribution is 5.84. The number of nitrogens with one attached hydrogen (secondary N) is 1. The van der Waals surface area contributed by atoms with E-state index in [9.17, 15) is 4.79 Å². The van der Waals surface area contributed by atoms with Crippen LogP contribution in [0.4, 0.5) is 5.95 Å². The molecule has 0 spiro atoms. The fourth-order valence-corrected chi connectivity index (χ4v) is 1.34. The van der Waals surface area contributed by atoms with Crippen molar-refractivity contribution in [1.82, 2.24) is 24.7 Å². The minimum atomic E-state index is -0.589. The summed E-state index contributed by atoms with van der Waals surface area (Å²) in [7, 11) is 3.00. The molecule has 0 amide bonds. The van der Waals surface area contributed by atoms with Crippen molar-refractivity contribution in [2.24, 2.45) is 0 Å². The van der Waals surface area contributed by atoms with Gasteiger partial charge < -0.3 is 10.1 Å². The lowest BCUT2D eigenvalue weighted by Crippen LogP contribution is -2.07. The third-order valence-electron chi connectivity index (χ3n) is 2.16. The van der Waals surface area contributed by atoms with E-state index in [4.69, 9.17) is 0 Å². The van der Waals surface area contributed by atoms with Gasteiger partial charge >= 0.3 is 5.97 Å². The Morgan fingerprint density at radius 2 is 2.22 bits per heavy atom. The first-order chi connectivity index (χ1) is 8.63. The molecule has 0 aromatic carbocycles. The standard InChI is InChI=1S/C10H12N6O2/c1-6-4-7(14-10(11-2)13-6)16-5-12-8(15-16)9(17)18-3/h4-5H,1-3H3,(H,11,13,14). The van der Waals surface area contributed by atoms with Gasteiger partial charge in [0.25, 0.3) is 5.82 Å². The zero-order chi connectivity index (χ0) is 13.1. The normalized spacial score (nSPS) is 10.2. The van der Waals surface area contributed by atoms with Crippen molar-refractivity contribution in [1.29, 1.82) is 0 Å². The van der Waals surface area contributed by atoms with E-state index in [0.717, 1.165) is 5.69 Å². The molecule has 0 aliphatic heterocycles. The highest BCUT2D eigenvalue weighted by Gasteiger charge is 2.13. The number of nitrogens with zero attached hydrogens (tertiary/aromatic N) is 5. The molecule has 0 aliphatic rings. The van der Waals surface area contributed by atoms with Crippen molar-refractivity contribution < 1.29 is 9.53 Å². The number of esters is 1. The zero-order valence-corrected chi connectivity index (χ0v) is 10.2. The lowest BCUT2D eigenvalue weighted by atomic mass is 10.4. The minimum absolute atomic E-state index is 0.0141. The Kier molecular flexibility index (Phi) is 3.18. The molecule has 0 radical (unpaired) electrons. The average molecular weight is 248 g/mol. The number of carbonyl (C=O) groups is 1. The summed E-state index contributed by atoms with van der Waals surface area (Å²) in [6, 6.07) is 1.73. The van der Waals surface area contributed by atoms with Gasteiger partial charge in [-0.15, -0.1) is 5.10 Å². The largest absolute Gasteiger partial charge is 0.463 e. The van der Waals surface area contributed by atoms with Crippen molar-refractivity contribution in [3.8, 4) is 5.82 Å². The summed E-state index contributed by atoms with van der Waals surface area (Å²) < 4.78 is 5.92. The van der Waals surface area contributed by atoms with Crippen LogP contribution in [-0.4, -0.2) is 44.9 Å². The first-order valence-electron chi connectivity index (χ1n) is 5.18. The molecule has 0 atom stereocenters. The number of aromatic nitrogens is 5. The van der Waals surface area contributed by atoms with E-state index in [2.05, 4.69) is 30.1 Å². The summed E-state index contributed by atoms with van der Waals surface area (Å²) in [5.74, 6) is 0.391. The number of rotatable bonds is 3. The molecule has 1 N–H and O–H groups in total. The Bertz CT molecular complexity index is 579. The van der Waals surface area contributed by atoms with Crippen LogP contribution in [0.2, 0.25) is 0 Å². The topological polar surface area (TPSA) is 94.8 Å². The van der Waals surface area contributed by atoms with E-state index in [0.29, 0.717) is 11.8 Å². The molecule has 2 aromatic heterocycles. The monoisotopic (exact) mass is 248 g/mol. The molecular weight excluding hydrogens is 236 g/mol. The van der Waals surface area contributed by atoms with Gasteiger partial charge in [-0.1, -0.05) is 0 Å². The van der Waals surface area contributed by atoms with Crippen molar-refractivity contribution >= 4 is 11.9 Å². The van der Waals surface area contributed by atoms with Crippen molar-refractivity contribution in [3.05, 3.63) is 23.9 Å². The molecule has 2 rings (SSSR count). The number of hydrogen-bond donors (Lipinski definition) is 1. The van der Waals surface area contributed by atoms with Crippen LogP contribution < -0.4 is 5.32 Å². The maximum Gasteiger partial charge on any atom is 0.377 e. The fourth-order valence-electron chi connectivity index (χ4n) is 1.34. The predicted molar refractivity (Wildman–Crippen MR) is 62.6 cm³/mol. The highest BCUT2D eigenvalue weighted by atomic mass is 16.5. The quantitative estimate of drug-likeness (QED) is 0.775. The Hall–Kier alpha value is -2.51. The van der Waals surface area contributed by atoms with E-state index in [-0.39, 0.29) is 5.82 Å².